The molecule has 0 aromatic rings. The van der Waals surface area contributed by atoms with Crippen molar-refractivity contribution >= 4 is 40.9 Å². The minimum absolute atomic E-state index is 0.0215. The largest absolute Gasteiger partial charge is 0.394 e. The molecule has 3 rings (SSSR count). The van der Waals surface area contributed by atoms with Crippen LogP contribution in [0.4, 0.5) is 0 Å². The molecule has 0 bridgehead atoms. The van der Waals surface area contributed by atoms with Gasteiger partial charge in [-0.05, 0) is 70.6 Å². The van der Waals surface area contributed by atoms with E-state index in [0.29, 0.717) is 155 Å². The lowest BCUT2D eigenvalue weighted by Crippen LogP contribution is -2.59. The second kappa shape index (κ2) is 59.0. The Hall–Kier alpha value is -3.83. The van der Waals surface area contributed by atoms with E-state index >= 15 is 0 Å². The van der Waals surface area contributed by atoms with Crippen LogP contribution < -0.4 is 21.7 Å². The molecular weight excluding hydrogens is 1400 g/mol. The van der Waals surface area contributed by atoms with E-state index in [9.17, 15) is 79.5 Å². The highest BCUT2D eigenvalue weighted by molar-refractivity contribution is 5.80. The van der Waals surface area contributed by atoms with E-state index in [4.69, 9.17) is 67.3 Å². The molecule has 3 aliphatic heterocycles. The highest BCUT2D eigenvalue weighted by Gasteiger charge is 2.45. The number of carbonyl (C=O) groups is 7. The summed E-state index contributed by atoms with van der Waals surface area (Å²) in [5.41, 5.74) is 4.05. The van der Waals surface area contributed by atoms with Gasteiger partial charge in [0.05, 0.1) is 131 Å². The van der Waals surface area contributed by atoms with Gasteiger partial charge in [-0.15, -0.1) is 0 Å². The number of ketones is 4. The number of rotatable bonds is 67. The maximum absolute atomic E-state index is 13.8. The molecule has 3 saturated heterocycles. The van der Waals surface area contributed by atoms with E-state index in [1.165, 1.54) is 0 Å². The first-order valence-electron chi connectivity index (χ1n) is 38.5. The Kier molecular flexibility index (Phi) is 53.6. The lowest BCUT2D eigenvalue weighted by molar-refractivity contribution is -0.282. The summed E-state index contributed by atoms with van der Waals surface area (Å²) >= 11 is 0. The number of ether oxygens (including phenoxy) is 13. The minimum Gasteiger partial charge on any atom is -0.394 e. The van der Waals surface area contributed by atoms with Crippen LogP contribution >= 0.6 is 0 Å². The summed E-state index contributed by atoms with van der Waals surface area (Å²) in [6.07, 6.45) is -2.80. The van der Waals surface area contributed by atoms with Gasteiger partial charge in [-0.1, -0.05) is 33.6 Å². The number of unbranched alkanes of at least 4 members (excludes halogenated alkanes) is 7. The van der Waals surface area contributed by atoms with E-state index in [1.54, 1.807) is 20.8 Å². The van der Waals surface area contributed by atoms with Gasteiger partial charge in [-0.2, -0.15) is 0 Å². The first-order valence-corrected chi connectivity index (χ1v) is 38.5. The van der Waals surface area contributed by atoms with Crippen molar-refractivity contribution in [2.24, 2.45) is 23.5 Å². The predicted octanol–water partition coefficient (Wildman–Crippen LogP) is 0.0626. The number of nitrogens with one attached hydrogen (secondary N) is 3. The Morgan fingerprint density at radius 1 is 0.330 bits per heavy atom. The Morgan fingerprint density at radius 3 is 0.981 bits per heavy atom. The summed E-state index contributed by atoms with van der Waals surface area (Å²) in [6.45, 7) is 7.07. The fraction of sp³-hybridized carbons (Fsp3) is 0.904. The Morgan fingerprint density at radius 2 is 0.623 bits per heavy atom. The quantitative estimate of drug-likeness (QED) is 0.0358. The monoisotopic (exact) mass is 1530 g/mol. The molecule has 0 saturated carbocycles. The zero-order chi connectivity index (χ0) is 77.7. The van der Waals surface area contributed by atoms with Crippen molar-refractivity contribution in [2.45, 2.75) is 254 Å². The molecular formula is C73H132N4O29. The third kappa shape index (κ3) is 41.4. The zero-order valence-corrected chi connectivity index (χ0v) is 63.2. The molecule has 0 aromatic heterocycles. The average molecular weight is 1530 g/mol. The van der Waals surface area contributed by atoms with Crippen molar-refractivity contribution in [3.8, 4) is 0 Å². The van der Waals surface area contributed by atoms with Crippen LogP contribution in [0.2, 0.25) is 0 Å². The second-order valence-electron chi connectivity index (χ2n) is 27.7. The first-order chi connectivity index (χ1) is 51.1. The van der Waals surface area contributed by atoms with Crippen molar-refractivity contribution in [2.75, 3.05) is 152 Å². The molecule has 3 fully saturated rings. The number of aliphatic hydroxyl groups is 9. The predicted molar refractivity (Wildman–Crippen MR) is 381 cm³/mol. The van der Waals surface area contributed by atoms with Crippen molar-refractivity contribution < 1.29 is 141 Å². The summed E-state index contributed by atoms with van der Waals surface area (Å²) in [4.78, 5) is 91.0. The Bertz CT molecular complexity index is 2140. The van der Waals surface area contributed by atoms with Crippen molar-refractivity contribution in [3.05, 3.63) is 0 Å². The number of amides is 3. The molecule has 15 unspecified atom stereocenters. The molecule has 0 spiro atoms. The van der Waals surface area contributed by atoms with Gasteiger partial charge in [0.15, 0.2) is 18.9 Å². The van der Waals surface area contributed by atoms with Crippen LogP contribution in [0.5, 0.6) is 0 Å². The van der Waals surface area contributed by atoms with Gasteiger partial charge < -0.3 is 129 Å². The Balaban J connectivity index is 1.52. The standard InChI is InChI=1S/C73H132N4O29/c1-51-64(88)67(91)58(45-78)104-70(51)101-31-13-10-21-54(81)17-6-4-8-19-56(83)24-34-98-48-73(77-63(87)27-36-94-39-41-96-43-44-97-42-40-95-38-28-74,49-99-35-25-57(84)20-9-5-7-18-55(82)22-11-14-32-102-71-52(2)65(89)68(92)59(46-79)105-71)50-100-37-26-62(86)76-30-16-29-75-61(85)23-12-15-33-103-72-53(3)66(90)69(93)60(47-80)106-72/h51-53,58-60,64-72,78-80,88-93H,4-50,74H2,1-3H3,(H,75,85)(H,76,86)(H,77,87). The van der Waals surface area contributed by atoms with Crippen LogP contribution in [0.25, 0.3) is 0 Å². The highest BCUT2D eigenvalue weighted by Crippen LogP contribution is 2.30. The summed E-state index contributed by atoms with van der Waals surface area (Å²) in [7, 11) is 0. The lowest BCUT2D eigenvalue weighted by atomic mass is 9.92. The molecule has 3 aliphatic rings. The summed E-state index contributed by atoms with van der Waals surface area (Å²) < 4.78 is 74.4. The normalized spacial score (nSPS) is 25.2. The number of hydrogen-bond acceptors (Lipinski definition) is 30. The van der Waals surface area contributed by atoms with Gasteiger partial charge in [-0.3, -0.25) is 33.6 Å². The van der Waals surface area contributed by atoms with E-state index in [0.717, 1.165) is 0 Å². The smallest absolute Gasteiger partial charge is 0.222 e. The molecule has 3 heterocycles. The molecule has 106 heavy (non-hydrogen) atoms. The number of hydrogen-bond donors (Lipinski definition) is 13. The van der Waals surface area contributed by atoms with Crippen molar-refractivity contribution in [1.82, 2.24) is 16.0 Å². The van der Waals surface area contributed by atoms with Gasteiger partial charge in [0.1, 0.15) is 65.3 Å². The third-order valence-corrected chi connectivity index (χ3v) is 18.6. The van der Waals surface area contributed by atoms with Gasteiger partial charge >= 0.3 is 0 Å². The molecule has 0 aromatic carbocycles. The molecule has 15 atom stereocenters. The van der Waals surface area contributed by atoms with Crippen molar-refractivity contribution in [3.63, 3.8) is 0 Å². The zero-order valence-electron chi connectivity index (χ0n) is 63.2. The van der Waals surface area contributed by atoms with Crippen LogP contribution in [0, 0.1) is 17.8 Å². The molecule has 33 heteroatoms. The fourth-order valence-corrected chi connectivity index (χ4v) is 11.9. The van der Waals surface area contributed by atoms with Crippen LogP contribution in [0.3, 0.4) is 0 Å². The fourth-order valence-electron chi connectivity index (χ4n) is 11.9. The van der Waals surface area contributed by atoms with Gasteiger partial charge in [-0.25, -0.2) is 0 Å². The van der Waals surface area contributed by atoms with E-state index < -0.39 is 123 Å². The van der Waals surface area contributed by atoms with E-state index in [-0.39, 0.29) is 166 Å². The number of Topliss-reactive ketones (excluding diaryl/α,β-unsaturated/α-hetero) is 4. The summed E-state index contributed by atoms with van der Waals surface area (Å²) in [6, 6.07) is 0. The highest BCUT2D eigenvalue weighted by atomic mass is 16.7. The Labute approximate surface area is 625 Å². The van der Waals surface area contributed by atoms with Gasteiger partial charge in [0.2, 0.25) is 17.7 Å². The molecule has 0 radical (unpaired) electrons. The SMILES string of the molecule is CC1C(OCCCCC(=O)CCCCCC(=O)CCOCC(COCCC(=O)CCCCCC(=O)CCCCOC2OC(CO)C(O)C(O)C2C)(COCCC(=O)NCCCNC(=O)CCCCOC2OC(CO)C(O)C(O)C2C)NC(=O)CCOCCOCCOCCOCCN)OC(CO)C(O)C1O. The maximum Gasteiger partial charge on any atom is 0.222 e. The second-order valence-corrected chi connectivity index (χ2v) is 27.7. The number of nitrogens with two attached hydrogens (primary N) is 1. The van der Waals surface area contributed by atoms with Crippen molar-refractivity contribution in [1.29, 1.82) is 0 Å². The number of aliphatic hydroxyl groups excluding tert-OH is 9. The summed E-state index contributed by atoms with van der Waals surface area (Å²) in [5.74, 6) is -2.47. The minimum atomic E-state index is -1.39. The third-order valence-electron chi connectivity index (χ3n) is 18.6. The van der Waals surface area contributed by atoms with Crippen LogP contribution in [-0.4, -0.2) is 318 Å². The maximum atomic E-state index is 13.8. The van der Waals surface area contributed by atoms with Crippen LogP contribution in [0.1, 0.15) is 175 Å². The molecule has 14 N–H and O–H groups in total. The number of carbonyl (C=O) groups excluding carboxylic acids is 7. The van der Waals surface area contributed by atoms with Gasteiger partial charge in [0.25, 0.3) is 0 Å². The lowest BCUT2D eigenvalue weighted by Gasteiger charge is -2.40. The van der Waals surface area contributed by atoms with E-state index in [1.807, 2.05) is 0 Å². The average Bonchev–Trinajstić information content (AvgIpc) is 0.832. The van der Waals surface area contributed by atoms with Crippen LogP contribution in [-0.2, 0) is 95.1 Å². The molecule has 618 valence electrons. The summed E-state index contributed by atoms with van der Waals surface area (Å²) in [5, 5.41) is 98.2. The first kappa shape index (κ1) is 96.4. The van der Waals surface area contributed by atoms with Gasteiger partial charge in [0, 0.05) is 128 Å². The molecule has 33 nitrogen and oxygen atoms in total. The topological polar surface area (TPSA) is 484 Å². The molecule has 3 amide bonds. The van der Waals surface area contributed by atoms with E-state index in [2.05, 4.69) is 16.0 Å². The molecule has 0 aliphatic carbocycles. The van der Waals surface area contributed by atoms with Crippen LogP contribution in [0.15, 0.2) is 0 Å².